The lowest BCUT2D eigenvalue weighted by Crippen LogP contribution is -2.03. The predicted molar refractivity (Wildman–Crippen MR) is 122 cm³/mol. The molecule has 0 N–H and O–H groups in total. The van der Waals surface area contributed by atoms with E-state index in [1.54, 1.807) is 19.2 Å². The molecule has 162 valence electrons. The molecule has 2 aromatic heterocycles. The number of fused-ring (bicyclic) bond motifs is 3. The fraction of sp³-hybridized carbons (Fsp3) is 0.222. The third-order valence-corrected chi connectivity index (χ3v) is 6.43. The van der Waals surface area contributed by atoms with Crippen molar-refractivity contribution in [2.75, 3.05) is 0 Å². The Morgan fingerprint density at radius 1 is 1.18 bits per heavy atom. The maximum atomic E-state index is 13.9. The van der Waals surface area contributed by atoms with Crippen molar-refractivity contribution in [2.45, 2.75) is 38.7 Å². The average Bonchev–Trinajstić information content (AvgIpc) is 3.63. The highest BCUT2D eigenvalue weighted by atomic mass is 19.1. The number of hydrogen-bond acceptors (Lipinski definition) is 4. The summed E-state index contributed by atoms with van der Waals surface area (Å²) in [6.45, 7) is 2.10. The molecule has 1 aliphatic heterocycles. The molecule has 1 aliphatic carbocycles. The molecule has 1 fully saturated rings. The van der Waals surface area contributed by atoms with E-state index in [0.29, 0.717) is 30.3 Å². The molecule has 2 aliphatic rings. The van der Waals surface area contributed by atoms with Gasteiger partial charge in [-0.15, -0.1) is 0 Å². The summed E-state index contributed by atoms with van der Waals surface area (Å²) >= 11 is 0. The van der Waals surface area contributed by atoms with Crippen LogP contribution in [0.5, 0.6) is 5.75 Å². The smallest absolute Gasteiger partial charge is 0.154 e. The molecule has 5 nitrogen and oxygen atoms in total. The molecule has 0 saturated heterocycles. The topological polar surface area (TPSA) is 63.2 Å². The quantitative estimate of drug-likeness (QED) is 0.394. The van der Waals surface area contributed by atoms with Crippen molar-refractivity contribution in [3.8, 4) is 11.8 Å². The van der Waals surface area contributed by atoms with Crippen LogP contribution in [0.1, 0.15) is 59.3 Å². The lowest BCUT2D eigenvalue weighted by atomic mass is 9.89. The second-order valence-electron chi connectivity index (χ2n) is 8.72. The first-order valence-corrected chi connectivity index (χ1v) is 11.1. The van der Waals surface area contributed by atoms with Crippen LogP contribution in [0, 0.1) is 17.1 Å². The monoisotopic (exact) mass is 436 g/mol. The fourth-order valence-electron chi connectivity index (χ4n) is 4.70. The Kier molecular flexibility index (Phi) is 4.51. The first-order valence-electron chi connectivity index (χ1n) is 11.1. The molecule has 2 aromatic carbocycles. The molecule has 6 heteroatoms. The Morgan fingerprint density at radius 2 is 2.03 bits per heavy atom. The minimum atomic E-state index is -0.359. The molecule has 0 unspecified atom stereocenters. The highest BCUT2D eigenvalue weighted by molar-refractivity contribution is 5.88. The number of nitrogens with zero attached hydrogens (tertiary/aromatic N) is 4. The molecule has 33 heavy (non-hydrogen) atoms. The van der Waals surface area contributed by atoms with Crippen LogP contribution in [0.2, 0.25) is 0 Å². The molecule has 0 bridgehead atoms. The number of nitriles is 1. The van der Waals surface area contributed by atoms with Gasteiger partial charge in [-0.25, -0.2) is 13.9 Å². The minimum Gasteiger partial charge on any atom is -0.488 e. The SMILES string of the molecule is CC(C#N)=C1c2ccc(Cc3c(C4CC4)nc4cccnn34)cc2COc2cc(F)ccc21. The van der Waals surface area contributed by atoms with Crippen LogP contribution < -0.4 is 4.74 Å². The van der Waals surface area contributed by atoms with E-state index in [-0.39, 0.29) is 5.82 Å². The van der Waals surface area contributed by atoms with Crippen LogP contribution in [0.25, 0.3) is 11.2 Å². The molecular weight excluding hydrogens is 415 g/mol. The van der Waals surface area contributed by atoms with Crippen LogP contribution in [-0.2, 0) is 13.0 Å². The van der Waals surface area contributed by atoms with Crippen LogP contribution in [-0.4, -0.2) is 14.6 Å². The van der Waals surface area contributed by atoms with Crippen molar-refractivity contribution in [2.24, 2.45) is 0 Å². The number of benzene rings is 2. The number of rotatable bonds is 3. The summed E-state index contributed by atoms with van der Waals surface area (Å²) in [5.74, 6) is 0.615. The van der Waals surface area contributed by atoms with Gasteiger partial charge in [0.25, 0.3) is 0 Å². The van der Waals surface area contributed by atoms with Gasteiger partial charge >= 0.3 is 0 Å². The van der Waals surface area contributed by atoms with E-state index in [9.17, 15) is 9.65 Å². The van der Waals surface area contributed by atoms with Crippen molar-refractivity contribution in [1.82, 2.24) is 14.6 Å². The third-order valence-electron chi connectivity index (χ3n) is 6.43. The van der Waals surface area contributed by atoms with Gasteiger partial charge in [0.2, 0.25) is 0 Å². The van der Waals surface area contributed by atoms with Gasteiger partial charge in [0.05, 0.1) is 17.5 Å². The van der Waals surface area contributed by atoms with E-state index in [1.807, 2.05) is 16.6 Å². The van der Waals surface area contributed by atoms with Crippen LogP contribution in [0.15, 0.2) is 60.3 Å². The lowest BCUT2D eigenvalue weighted by molar-refractivity contribution is 0.305. The maximum Gasteiger partial charge on any atom is 0.154 e. The van der Waals surface area contributed by atoms with E-state index in [1.165, 1.54) is 25.0 Å². The number of imidazole rings is 1. The standard InChI is InChI=1S/C27H21FN4O/c1-16(14-29)26-21-8-4-17(11-19(21)15-33-24-13-20(28)7-9-22(24)26)12-23-27(18-5-6-18)31-25-3-2-10-30-32(23)25/h2-4,7-11,13,18H,5-6,12,15H2,1H3. The molecule has 1 saturated carbocycles. The predicted octanol–water partition coefficient (Wildman–Crippen LogP) is 5.57. The normalized spacial score (nSPS) is 16.4. The van der Waals surface area contributed by atoms with E-state index < -0.39 is 0 Å². The molecular formula is C27H21FN4O. The van der Waals surface area contributed by atoms with E-state index in [2.05, 4.69) is 29.4 Å². The Balaban J connectivity index is 1.45. The summed E-state index contributed by atoms with van der Waals surface area (Å²) in [4.78, 5) is 4.85. The number of hydrogen-bond donors (Lipinski definition) is 0. The van der Waals surface area contributed by atoms with Crippen molar-refractivity contribution < 1.29 is 9.13 Å². The number of ether oxygens (including phenoxy) is 1. The van der Waals surface area contributed by atoms with Crippen molar-refractivity contribution in [1.29, 1.82) is 5.26 Å². The van der Waals surface area contributed by atoms with E-state index >= 15 is 0 Å². The van der Waals surface area contributed by atoms with Gasteiger partial charge in [0.1, 0.15) is 18.2 Å². The summed E-state index contributed by atoms with van der Waals surface area (Å²) in [5.41, 5.74) is 8.29. The lowest BCUT2D eigenvalue weighted by Gasteiger charge is -2.13. The van der Waals surface area contributed by atoms with E-state index in [4.69, 9.17) is 9.72 Å². The molecule has 6 rings (SSSR count). The number of allylic oxidation sites excluding steroid dienone is 1. The zero-order chi connectivity index (χ0) is 22.5. The van der Waals surface area contributed by atoms with Gasteiger partial charge in [-0.2, -0.15) is 10.4 Å². The first-order chi connectivity index (χ1) is 16.1. The zero-order valence-electron chi connectivity index (χ0n) is 18.2. The molecule has 0 radical (unpaired) electrons. The van der Waals surface area contributed by atoms with Gasteiger partial charge in [-0.1, -0.05) is 18.2 Å². The van der Waals surface area contributed by atoms with Gasteiger partial charge in [-0.05, 0) is 60.7 Å². The second kappa shape index (κ2) is 7.56. The minimum absolute atomic E-state index is 0.308. The first kappa shape index (κ1) is 19.7. The number of halogens is 1. The molecule has 0 amide bonds. The Labute approximate surface area is 190 Å². The highest BCUT2D eigenvalue weighted by Crippen LogP contribution is 2.42. The van der Waals surface area contributed by atoms with E-state index in [0.717, 1.165) is 44.9 Å². The van der Waals surface area contributed by atoms with Crippen LogP contribution in [0.4, 0.5) is 4.39 Å². The van der Waals surface area contributed by atoms with Gasteiger partial charge in [0, 0.05) is 41.3 Å². The summed E-state index contributed by atoms with van der Waals surface area (Å²) in [7, 11) is 0. The van der Waals surface area contributed by atoms with Crippen molar-refractivity contribution in [3.05, 3.63) is 99.8 Å². The summed E-state index contributed by atoms with van der Waals surface area (Å²) in [6, 6.07) is 16.9. The average molecular weight is 436 g/mol. The van der Waals surface area contributed by atoms with Crippen molar-refractivity contribution in [3.63, 3.8) is 0 Å². The van der Waals surface area contributed by atoms with Crippen LogP contribution >= 0.6 is 0 Å². The third kappa shape index (κ3) is 3.37. The summed E-state index contributed by atoms with van der Waals surface area (Å²) in [5, 5.41) is 14.2. The molecule has 4 aromatic rings. The van der Waals surface area contributed by atoms with Crippen LogP contribution in [0.3, 0.4) is 0 Å². The largest absolute Gasteiger partial charge is 0.488 e. The summed E-state index contributed by atoms with van der Waals surface area (Å²) in [6.07, 6.45) is 4.84. The Bertz CT molecular complexity index is 1490. The fourth-order valence-corrected chi connectivity index (χ4v) is 4.70. The van der Waals surface area contributed by atoms with Gasteiger partial charge in [-0.3, -0.25) is 0 Å². The summed E-state index contributed by atoms with van der Waals surface area (Å²) < 4.78 is 21.8. The number of aromatic nitrogens is 3. The van der Waals surface area contributed by atoms with Gasteiger partial charge < -0.3 is 4.74 Å². The Hall–Kier alpha value is -3.98. The Morgan fingerprint density at radius 3 is 2.85 bits per heavy atom. The van der Waals surface area contributed by atoms with Gasteiger partial charge in [0.15, 0.2) is 5.65 Å². The highest BCUT2D eigenvalue weighted by Gasteiger charge is 2.30. The maximum absolute atomic E-state index is 13.9. The molecule has 0 atom stereocenters. The zero-order valence-corrected chi connectivity index (χ0v) is 18.2. The molecule has 3 heterocycles. The molecule has 0 spiro atoms. The second-order valence-corrected chi connectivity index (χ2v) is 8.72. The van der Waals surface area contributed by atoms with Crippen molar-refractivity contribution >= 4 is 11.2 Å².